The second-order valence-corrected chi connectivity index (χ2v) is 6.17. The largest absolute Gasteiger partial charge is 0.481 e. The number of nitrogens with one attached hydrogen (secondary N) is 1. The molecule has 2 N–H and O–H groups in total. The lowest BCUT2D eigenvalue weighted by Crippen LogP contribution is -2.45. The van der Waals surface area contributed by atoms with E-state index >= 15 is 0 Å². The molecule has 1 amide bonds. The summed E-state index contributed by atoms with van der Waals surface area (Å²) < 4.78 is 0. The summed E-state index contributed by atoms with van der Waals surface area (Å²) in [5.41, 5.74) is 2.01. The van der Waals surface area contributed by atoms with Crippen LogP contribution in [0.4, 0.5) is 5.69 Å². The van der Waals surface area contributed by atoms with E-state index in [1.165, 1.54) is 5.56 Å². The molecule has 22 heavy (non-hydrogen) atoms. The molecule has 2 unspecified atom stereocenters. The molecule has 1 aromatic rings. The highest BCUT2D eigenvalue weighted by Gasteiger charge is 2.30. The van der Waals surface area contributed by atoms with Crippen LogP contribution in [0.1, 0.15) is 25.8 Å². The van der Waals surface area contributed by atoms with E-state index in [9.17, 15) is 9.59 Å². The predicted octanol–water partition coefficient (Wildman–Crippen LogP) is 2.23. The first-order valence-corrected chi connectivity index (χ1v) is 7.82. The fourth-order valence-corrected chi connectivity index (χ4v) is 3.00. The zero-order valence-corrected chi connectivity index (χ0v) is 13.2. The average Bonchev–Trinajstić information content (AvgIpc) is 2.47. The zero-order chi connectivity index (χ0) is 16.1. The van der Waals surface area contributed by atoms with Gasteiger partial charge in [0, 0.05) is 18.8 Å². The molecule has 1 fully saturated rings. The van der Waals surface area contributed by atoms with Crippen molar-refractivity contribution in [2.45, 2.75) is 26.7 Å². The first-order valence-electron chi connectivity index (χ1n) is 7.82. The summed E-state index contributed by atoms with van der Waals surface area (Å²) >= 11 is 0. The first kappa shape index (κ1) is 16.5. The van der Waals surface area contributed by atoms with Crippen molar-refractivity contribution in [1.82, 2.24) is 4.90 Å². The van der Waals surface area contributed by atoms with Crippen LogP contribution in [0.5, 0.6) is 0 Å². The Bertz CT molecular complexity index is 527. The normalized spacial score (nSPS) is 22.3. The van der Waals surface area contributed by atoms with Crippen molar-refractivity contribution in [3.63, 3.8) is 0 Å². The molecule has 1 aliphatic heterocycles. The summed E-state index contributed by atoms with van der Waals surface area (Å²) in [5, 5.41) is 12.0. The number of benzene rings is 1. The smallest absolute Gasteiger partial charge is 0.307 e. The Balaban J connectivity index is 1.89. The van der Waals surface area contributed by atoms with Crippen LogP contribution in [0.3, 0.4) is 0 Å². The molecule has 1 saturated heterocycles. The maximum atomic E-state index is 12.1. The molecule has 1 aliphatic rings. The standard InChI is InChI=1S/C17H24N2O3/c1-3-13-4-6-15(7-5-13)18-16(20)11-19-9-12(2)8-14(10-19)17(21)22/h4-7,12,14H,3,8-11H2,1-2H3,(H,18,20)(H,21,22). The van der Waals surface area contributed by atoms with Gasteiger partial charge in [-0.25, -0.2) is 0 Å². The van der Waals surface area contributed by atoms with Crippen LogP contribution in [0.25, 0.3) is 0 Å². The molecule has 0 aliphatic carbocycles. The summed E-state index contributed by atoms with van der Waals surface area (Å²) in [5.74, 6) is -0.943. The maximum Gasteiger partial charge on any atom is 0.307 e. The Hall–Kier alpha value is -1.88. The second kappa shape index (κ2) is 7.40. The fourth-order valence-electron chi connectivity index (χ4n) is 3.00. The van der Waals surface area contributed by atoms with E-state index in [1.54, 1.807) is 0 Å². The summed E-state index contributed by atoms with van der Waals surface area (Å²) in [4.78, 5) is 25.2. The van der Waals surface area contributed by atoms with Gasteiger partial charge in [-0.3, -0.25) is 14.5 Å². The number of anilines is 1. The summed E-state index contributed by atoms with van der Waals surface area (Å²) in [7, 11) is 0. The third kappa shape index (κ3) is 4.56. The topological polar surface area (TPSA) is 69.6 Å². The Morgan fingerprint density at radius 3 is 2.55 bits per heavy atom. The van der Waals surface area contributed by atoms with E-state index in [4.69, 9.17) is 5.11 Å². The number of nitrogens with zero attached hydrogens (tertiary/aromatic N) is 1. The van der Waals surface area contributed by atoms with E-state index in [2.05, 4.69) is 12.2 Å². The lowest BCUT2D eigenvalue weighted by atomic mass is 9.90. The van der Waals surface area contributed by atoms with Crippen LogP contribution in [0.15, 0.2) is 24.3 Å². The molecule has 0 bridgehead atoms. The minimum Gasteiger partial charge on any atom is -0.481 e. The number of carbonyl (C=O) groups excluding carboxylic acids is 1. The highest BCUT2D eigenvalue weighted by Crippen LogP contribution is 2.21. The van der Waals surface area contributed by atoms with E-state index in [0.29, 0.717) is 18.9 Å². The van der Waals surface area contributed by atoms with Gasteiger partial charge in [-0.15, -0.1) is 0 Å². The minimum atomic E-state index is -0.771. The fraction of sp³-hybridized carbons (Fsp3) is 0.529. The number of hydrogen-bond acceptors (Lipinski definition) is 3. The maximum absolute atomic E-state index is 12.1. The Morgan fingerprint density at radius 2 is 1.95 bits per heavy atom. The Kier molecular flexibility index (Phi) is 5.55. The highest BCUT2D eigenvalue weighted by molar-refractivity contribution is 5.92. The van der Waals surface area contributed by atoms with Gasteiger partial charge in [-0.1, -0.05) is 26.0 Å². The van der Waals surface area contributed by atoms with Crippen molar-refractivity contribution < 1.29 is 14.7 Å². The number of carboxylic acid groups (broad SMARTS) is 1. The van der Waals surface area contributed by atoms with Crippen LogP contribution in [0, 0.1) is 11.8 Å². The molecule has 0 radical (unpaired) electrons. The quantitative estimate of drug-likeness (QED) is 0.875. The molecule has 5 heteroatoms. The molecule has 2 atom stereocenters. The van der Waals surface area contributed by atoms with E-state index in [0.717, 1.165) is 18.7 Å². The summed E-state index contributed by atoms with van der Waals surface area (Å²) in [6.07, 6.45) is 1.66. The van der Waals surface area contributed by atoms with E-state index < -0.39 is 5.97 Å². The number of rotatable bonds is 5. The summed E-state index contributed by atoms with van der Waals surface area (Å²) in [6.45, 7) is 5.57. The van der Waals surface area contributed by atoms with Gasteiger partial charge in [0.1, 0.15) is 0 Å². The number of piperidine rings is 1. The van der Waals surface area contributed by atoms with Crippen LogP contribution >= 0.6 is 0 Å². The number of likely N-dealkylation sites (tertiary alicyclic amines) is 1. The van der Waals surface area contributed by atoms with Crippen LogP contribution in [-0.2, 0) is 16.0 Å². The third-order valence-corrected chi connectivity index (χ3v) is 4.10. The van der Waals surface area contributed by atoms with Crippen LogP contribution in [0.2, 0.25) is 0 Å². The lowest BCUT2D eigenvalue weighted by molar-refractivity contribution is -0.144. The average molecular weight is 304 g/mol. The second-order valence-electron chi connectivity index (χ2n) is 6.17. The molecule has 120 valence electrons. The number of hydrogen-bond donors (Lipinski definition) is 2. The number of aryl methyl sites for hydroxylation is 1. The molecule has 0 aromatic heterocycles. The lowest BCUT2D eigenvalue weighted by Gasteiger charge is -2.34. The van der Waals surface area contributed by atoms with E-state index in [-0.39, 0.29) is 18.4 Å². The van der Waals surface area contributed by atoms with Gasteiger partial charge in [0.05, 0.1) is 12.5 Å². The predicted molar refractivity (Wildman–Crippen MR) is 85.8 cm³/mol. The minimum absolute atomic E-state index is 0.0949. The SMILES string of the molecule is CCc1ccc(NC(=O)CN2CC(C)CC(C(=O)O)C2)cc1. The Morgan fingerprint density at radius 1 is 1.27 bits per heavy atom. The van der Waals surface area contributed by atoms with Gasteiger partial charge in [0.2, 0.25) is 5.91 Å². The number of carboxylic acids is 1. The molecule has 1 heterocycles. The Labute approximate surface area is 131 Å². The van der Waals surface area contributed by atoms with Crippen LogP contribution < -0.4 is 5.32 Å². The number of amides is 1. The molecule has 0 spiro atoms. The molecular weight excluding hydrogens is 280 g/mol. The van der Waals surface area contributed by atoms with Crippen molar-refractivity contribution in [2.24, 2.45) is 11.8 Å². The van der Waals surface area contributed by atoms with Crippen molar-refractivity contribution in [1.29, 1.82) is 0 Å². The van der Waals surface area contributed by atoms with Gasteiger partial charge < -0.3 is 10.4 Å². The van der Waals surface area contributed by atoms with Crippen molar-refractivity contribution in [3.05, 3.63) is 29.8 Å². The zero-order valence-electron chi connectivity index (χ0n) is 13.2. The van der Waals surface area contributed by atoms with Gasteiger partial charge >= 0.3 is 5.97 Å². The number of aliphatic carboxylic acids is 1. The summed E-state index contributed by atoms with van der Waals surface area (Å²) in [6, 6.07) is 7.79. The van der Waals surface area contributed by atoms with Gasteiger partial charge in [-0.2, -0.15) is 0 Å². The monoisotopic (exact) mass is 304 g/mol. The first-order chi connectivity index (χ1) is 10.5. The van der Waals surface area contributed by atoms with Crippen LogP contribution in [-0.4, -0.2) is 41.5 Å². The molecule has 5 nitrogen and oxygen atoms in total. The van der Waals surface area contributed by atoms with E-state index in [1.807, 2.05) is 36.1 Å². The molecule has 0 saturated carbocycles. The third-order valence-electron chi connectivity index (χ3n) is 4.10. The van der Waals surface area contributed by atoms with Crippen molar-refractivity contribution in [3.8, 4) is 0 Å². The molecule has 1 aromatic carbocycles. The molecular formula is C17H24N2O3. The van der Waals surface area contributed by atoms with Crippen molar-refractivity contribution >= 4 is 17.6 Å². The number of carbonyl (C=O) groups is 2. The van der Waals surface area contributed by atoms with Gasteiger partial charge in [0.15, 0.2) is 0 Å². The van der Waals surface area contributed by atoms with Gasteiger partial charge in [0.25, 0.3) is 0 Å². The highest BCUT2D eigenvalue weighted by atomic mass is 16.4. The van der Waals surface area contributed by atoms with Crippen molar-refractivity contribution in [2.75, 3.05) is 25.0 Å². The molecule has 2 rings (SSSR count). The van der Waals surface area contributed by atoms with Gasteiger partial charge in [-0.05, 0) is 36.5 Å².